The van der Waals surface area contributed by atoms with Crippen molar-refractivity contribution in [3.63, 3.8) is 0 Å². The van der Waals surface area contributed by atoms with Crippen LogP contribution >= 0.6 is 11.3 Å². The fourth-order valence-electron chi connectivity index (χ4n) is 1.64. The monoisotopic (exact) mass is 243 g/mol. The highest BCUT2D eigenvalue weighted by atomic mass is 32.1. The Morgan fingerprint density at radius 2 is 2.29 bits per heavy atom. The van der Waals surface area contributed by atoms with E-state index in [0.29, 0.717) is 6.54 Å². The Kier molecular flexibility index (Phi) is 3.20. The van der Waals surface area contributed by atoms with Gasteiger partial charge in [-0.1, -0.05) is 6.07 Å². The molecule has 0 aliphatic heterocycles. The Morgan fingerprint density at radius 1 is 1.47 bits per heavy atom. The van der Waals surface area contributed by atoms with Gasteiger partial charge in [0.25, 0.3) is 0 Å². The molecule has 0 aliphatic carbocycles. The first-order valence-corrected chi connectivity index (χ1v) is 5.80. The molecule has 2 aromatic rings. The zero-order chi connectivity index (χ0) is 12.3. The number of nitrogens with two attached hydrogens (primary N) is 1. The molecule has 0 radical (unpaired) electrons. The lowest BCUT2D eigenvalue weighted by Crippen LogP contribution is -2.20. The quantitative estimate of drug-likeness (QED) is 0.877. The number of hydrogen-bond donors (Lipinski definition) is 1. The Bertz CT molecular complexity index is 584. The van der Waals surface area contributed by atoms with Crippen molar-refractivity contribution >= 4 is 11.3 Å². The number of aromatic nitrogens is 2. The van der Waals surface area contributed by atoms with E-state index >= 15 is 0 Å². The first kappa shape index (κ1) is 11.3. The maximum atomic E-state index is 9.06. The van der Waals surface area contributed by atoms with E-state index in [-0.39, 0.29) is 17.4 Å². The summed E-state index contributed by atoms with van der Waals surface area (Å²) >= 11 is 1.57. The van der Waals surface area contributed by atoms with Crippen molar-refractivity contribution in [1.82, 2.24) is 9.55 Å². The zero-order valence-electron chi connectivity index (χ0n) is 8.87. The summed E-state index contributed by atoms with van der Waals surface area (Å²) in [7, 11) is 0. The molecule has 5 nitrogen and oxygen atoms in total. The third-order valence-electron chi connectivity index (χ3n) is 2.44. The van der Waals surface area contributed by atoms with Gasteiger partial charge < -0.3 is 10.3 Å². The number of imidazole rings is 1. The van der Waals surface area contributed by atoms with Gasteiger partial charge in [0.05, 0.1) is 12.4 Å². The Morgan fingerprint density at radius 3 is 2.82 bits per heavy atom. The fraction of sp³-hybridized carbons (Fsp3) is 0.182. The van der Waals surface area contributed by atoms with Crippen LogP contribution in [0, 0.1) is 22.7 Å². The highest BCUT2D eigenvalue weighted by molar-refractivity contribution is 7.10. The van der Waals surface area contributed by atoms with E-state index in [1.165, 1.54) is 6.33 Å². The van der Waals surface area contributed by atoms with E-state index < -0.39 is 0 Å². The normalized spacial score (nSPS) is 11.7. The molecule has 0 saturated heterocycles. The van der Waals surface area contributed by atoms with Crippen LogP contribution in [0.1, 0.15) is 22.3 Å². The summed E-state index contributed by atoms with van der Waals surface area (Å²) in [6.45, 7) is 0.358. The lowest BCUT2D eigenvalue weighted by Gasteiger charge is -2.15. The minimum absolute atomic E-state index is 0.140. The third-order valence-corrected chi connectivity index (χ3v) is 3.41. The SMILES string of the molecule is N#Cc1ncn(C(CN)c2cccs2)c1C#N. The second-order valence-electron chi connectivity index (χ2n) is 3.34. The Labute approximate surface area is 102 Å². The lowest BCUT2D eigenvalue weighted by molar-refractivity contribution is 0.598. The molecule has 0 spiro atoms. The molecule has 1 unspecified atom stereocenters. The van der Waals surface area contributed by atoms with Crippen molar-refractivity contribution < 1.29 is 0 Å². The number of nitrogens with zero attached hydrogens (tertiary/aromatic N) is 4. The van der Waals surface area contributed by atoms with Gasteiger partial charge in [-0.3, -0.25) is 0 Å². The van der Waals surface area contributed by atoms with E-state index in [4.69, 9.17) is 16.3 Å². The van der Waals surface area contributed by atoms with Gasteiger partial charge in [0.1, 0.15) is 12.1 Å². The standard InChI is InChI=1S/C11H9N5S/c12-4-8-9(5-13)16(7-15-8)10(6-14)11-2-1-3-17-11/h1-3,7,10H,6,14H2. The number of rotatable bonds is 3. The van der Waals surface area contributed by atoms with Crippen molar-refractivity contribution in [2.24, 2.45) is 5.73 Å². The maximum Gasteiger partial charge on any atom is 0.176 e. The summed E-state index contributed by atoms with van der Waals surface area (Å²) in [5.74, 6) is 0. The largest absolute Gasteiger partial charge is 0.328 e. The smallest absolute Gasteiger partial charge is 0.176 e. The van der Waals surface area contributed by atoms with Gasteiger partial charge in [0, 0.05) is 11.4 Å². The van der Waals surface area contributed by atoms with Crippen molar-refractivity contribution in [2.45, 2.75) is 6.04 Å². The van der Waals surface area contributed by atoms with Crippen LogP contribution in [0.15, 0.2) is 23.8 Å². The van der Waals surface area contributed by atoms with Crippen molar-refractivity contribution in [3.8, 4) is 12.1 Å². The van der Waals surface area contributed by atoms with Gasteiger partial charge in [0.15, 0.2) is 11.4 Å². The van der Waals surface area contributed by atoms with E-state index in [2.05, 4.69) is 4.98 Å². The molecule has 0 bridgehead atoms. The summed E-state index contributed by atoms with van der Waals surface area (Å²) in [5, 5.41) is 19.9. The number of thiophene rings is 1. The first-order valence-electron chi connectivity index (χ1n) is 4.92. The van der Waals surface area contributed by atoms with Crippen LogP contribution in [0.5, 0.6) is 0 Å². The van der Waals surface area contributed by atoms with Crippen LogP contribution in [0.2, 0.25) is 0 Å². The second-order valence-corrected chi connectivity index (χ2v) is 4.32. The lowest BCUT2D eigenvalue weighted by atomic mass is 10.2. The highest BCUT2D eigenvalue weighted by Crippen LogP contribution is 2.24. The second kappa shape index (κ2) is 4.79. The minimum atomic E-state index is -0.140. The third kappa shape index (κ3) is 1.92. The molecule has 0 saturated carbocycles. The van der Waals surface area contributed by atoms with Gasteiger partial charge in [-0.15, -0.1) is 11.3 Å². The van der Waals surface area contributed by atoms with Crippen LogP contribution < -0.4 is 5.73 Å². The summed E-state index contributed by atoms with van der Waals surface area (Å²) in [6, 6.07) is 7.64. The summed E-state index contributed by atoms with van der Waals surface area (Å²) in [6.07, 6.45) is 1.49. The number of hydrogen-bond acceptors (Lipinski definition) is 5. The van der Waals surface area contributed by atoms with E-state index in [0.717, 1.165) is 4.88 Å². The van der Waals surface area contributed by atoms with Gasteiger partial charge >= 0.3 is 0 Å². The fourth-order valence-corrected chi connectivity index (χ4v) is 2.48. The predicted octanol–water partition coefficient (Wildman–Crippen LogP) is 1.24. The van der Waals surface area contributed by atoms with Crippen molar-refractivity contribution in [1.29, 1.82) is 10.5 Å². The Balaban J connectivity index is 2.50. The summed E-state index contributed by atoms with van der Waals surface area (Å²) in [5.41, 5.74) is 6.14. The van der Waals surface area contributed by atoms with Crippen LogP contribution in [0.4, 0.5) is 0 Å². The van der Waals surface area contributed by atoms with Gasteiger partial charge in [-0.05, 0) is 11.4 Å². The van der Waals surface area contributed by atoms with Crippen LogP contribution in [-0.4, -0.2) is 16.1 Å². The summed E-state index contributed by atoms with van der Waals surface area (Å²) in [4.78, 5) is 4.96. The predicted molar refractivity (Wildman–Crippen MR) is 63.2 cm³/mol. The molecule has 84 valence electrons. The topological polar surface area (TPSA) is 91.4 Å². The van der Waals surface area contributed by atoms with Crippen molar-refractivity contribution in [2.75, 3.05) is 6.54 Å². The molecular weight excluding hydrogens is 234 g/mol. The van der Waals surface area contributed by atoms with Crippen molar-refractivity contribution in [3.05, 3.63) is 40.1 Å². The Hall–Kier alpha value is -2.15. The average molecular weight is 243 g/mol. The summed E-state index contributed by atoms with van der Waals surface area (Å²) < 4.78 is 1.66. The maximum absolute atomic E-state index is 9.06. The first-order chi connectivity index (χ1) is 8.31. The van der Waals surface area contributed by atoms with Gasteiger partial charge in [-0.2, -0.15) is 10.5 Å². The van der Waals surface area contributed by atoms with E-state index in [1.807, 2.05) is 29.7 Å². The molecule has 1 atom stereocenters. The van der Waals surface area contributed by atoms with Gasteiger partial charge in [-0.25, -0.2) is 4.98 Å². The molecule has 2 N–H and O–H groups in total. The van der Waals surface area contributed by atoms with Gasteiger partial charge in [0.2, 0.25) is 0 Å². The average Bonchev–Trinajstić information content (AvgIpc) is 2.99. The molecule has 17 heavy (non-hydrogen) atoms. The highest BCUT2D eigenvalue weighted by Gasteiger charge is 2.19. The molecular formula is C11H9N5S. The van der Waals surface area contributed by atoms with E-state index in [9.17, 15) is 0 Å². The zero-order valence-corrected chi connectivity index (χ0v) is 9.68. The molecule has 2 heterocycles. The van der Waals surface area contributed by atoms with Crippen LogP contribution in [0.3, 0.4) is 0 Å². The molecule has 0 fully saturated rings. The molecule has 0 amide bonds. The molecule has 2 rings (SSSR count). The number of nitriles is 2. The van der Waals surface area contributed by atoms with E-state index in [1.54, 1.807) is 15.9 Å². The van der Waals surface area contributed by atoms with Crippen LogP contribution in [0.25, 0.3) is 0 Å². The molecule has 0 aromatic carbocycles. The molecule has 0 aliphatic rings. The molecule has 2 aromatic heterocycles. The van der Waals surface area contributed by atoms with Crippen LogP contribution in [-0.2, 0) is 0 Å². The molecule has 6 heteroatoms. The minimum Gasteiger partial charge on any atom is -0.328 e.